The van der Waals surface area contributed by atoms with Gasteiger partial charge in [-0.1, -0.05) is 18.2 Å². The molecule has 1 aromatic rings. The first kappa shape index (κ1) is 16.9. The molecule has 2 N–H and O–H groups in total. The number of alkyl halides is 3. The Balaban J connectivity index is 1.62. The number of nitrogens with zero attached hydrogens (tertiary/aromatic N) is 1. The van der Waals surface area contributed by atoms with Gasteiger partial charge in [-0.25, -0.2) is 4.79 Å². The van der Waals surface area contributed by atoms with Crippen LogP contribution < -0.4 is 10.1 Å². The molecule has 3 rings (SSSR count). The van der Waals surface area contributed by atoms with E-state index < -0.39 is 30.7 Å². The molecule has 0 aliphatic carbocycles. The van der Waals surface area contributed by atoms with Crippen LogP contribution in [0.25, 0.3) is 0 Å². The summed E-state index contributed by atoms with van der Waals surface area (Å²) >= 11 is 0. The highest BCUT2D eigenvalue weighted by Crippen LogP contribution is 2.38. The summed E-state index contributed by atoms with van der Waals surface area (Å²) in [5.41, 5.74) is -1.84. The molecule has 5 nitrogen and oxygen atoms in total. The van der Waals surface area contributed by atoms with E-state index in [0.717, 1.165) is 5.56 Å². The average Bonchev–Trinajstić information content (AvgIpc) is 2.55. The summed E-state index contributed by atoms with van der Waals surface area (Å²) in [4.78, 5) is 13.7. The number of carbonyl (C=O) groups is 1. The van der Waals surface area contributed by atoms with Gasteiger partial charge in [0.2, 0.25) is 0 Å². The van der Waals surface area contributed by atoms with Crippen LogP contribution in [0.1, 0.15) is 30.9 Å². The molecule has 0 aromatic heterocycles. The lowest BCUT2D eigenvalue weighted by Crippen LogP contribution is -2.56. The van der Waals surface area contributed by atoms with E-state index in [1.165, 1.54) is 4.90 Å². The molecule has 2 heterocycles. The Kier molecular flexibility index (Phi) is 4.33. The fourth-order valence-electron chi connectivity index (χ4n) is 3.10. The topological polar surface area (TPSA) is 61.8 Å². The van der Waals surface area contributed by atoms with Crippen LogP contribution in [0.4, 0.5) is 18.0 Å². The maximum absolute atomic E-state index is 12.8. The third-order valence-electron chi connectivity index (χ3n) is 4.66. The molecule has 24 heavy (non-hydrogen) atoms. The van der Waals surface area contributed by atoms with Gasteiger partial charge in [0, 0.05) is 37.9 Å². The molecule has 0 bridgehead atoms. The number of urea groups is 1. The molecule has 1 aromatic carbocycles. The van der Waals surface area contributed by atoms with Crippen molar-refractivity contribution < 1.29 is 27.8 Å². The number of fused-ring (bicyclic) bond motifs is 1. The largest absolute Gasteiger partial charge is 0.493 e. The quantitative estimate of drug-likeness (QED) is 0.823. The molecule has 1 fully saturated rings. The zero-order chi connectivity index (χ0) is 17.4. The minimum atomic E-state index is -4.67. The van der Waals surface area contributed by atoms with Gasteiger partial charge in [-0.05, 0) is 6.07 Å². The number of para-hydroxylation sites is 1. The van der Waals surface area contributed by atoms with Crippen LogP contribution >= 0.6 is 0 Å². The predicted octanol–water partition coefficient (Wildman–Crippen LogP) is 2.61. The highest BCUT2D eigenvalue weighted by Gasteiger charge is 2.55. The molecule has 0 saturated carbocycles. The molecule has 2 aliphatic rings. The Labute approximate surface area is 137 Å². The molecule has 2 aliphatic heterocycles. The molecule has 8 heteroatoms. The number of aliphatic hydroxyl groups is 1. The summed E-state index contributed by atoms with van der Waals surface area (Å²) in [7, 11) is 0. The molecule has 0 spiro atoms. The molecule has 0 radical (unpaired) electrons. The number of hydrogen-bond acceptors (Lipinski definition) is 3. The Hall–Kier alpha value is -1.96. The van der Waals surface area contributed by atoms with Crippen LogP contribution in [0.3, 0.4) is 0 Å². The normalized spacial score (nSPS) is 23.2. The summed E-state index contributed by atoms with van der Waals surface area (Å²) in [6.07, 6.45) is -5.08. The van der Waals surface area contributed by atoms with E-state index in [1.807, 2.05) is 24.3 Å². The molecule has 2 amide bonds. The number of halogens is 3. The zero-order valence-electron chi connectivity index (χ0n) is 13.0. The van der Waals surface area contributed by atoms with Gasteiger partial charge in [0.15, 0.2) is 5.60 Å². The van der Waals surface area contributed by atoms with Crippen LogP contribution in [0, 0.1) is 0 Å². The maximum atomic E-state index is 12.8. The summed E-state index contributed by atoms with van der Waals surface area (Å²) in [6, 6.07) is 6.71. The van der Waals surface area contributed by atoms with E-state index in [0.29, 0.717) is 18.8 Å². The molecule has 1 unspecified atom stereocenters. The van der Waals surface area contributed by atoms with Crippen molar-refractivity contribution in [3.63, 3.8) is 0 Å². The van der Waals surface area contributed by atoms with Crippen LogP contribution in [0.2, 0.25) is 0 Å². The second-order valence-electron chi connectivity index (χ2n) is 6.19. The van der Waals surface area contributed by atoms with E-state index in [2.05, 4.69) is 5.32 Å². The van der Waals surface area contributed by atoms with Crippen molar-refractivity contribution in [3.8, 4) is 5.75 Å². The van der Waals surface area contributed by atoms with Gasteiger partial charge in [0.05, 0.1) is 12.6 Å². The van der Waals surface area contributed by atoms with Crippen LogP contribution in [0.15, 0.2) is 24.3 Å². The second kappa shape index (κ2) is 6.16. The highest BCUT2D eigenvalue weighted by atomic mass is 19.4. The molecular weight excluding hydrogens is 325 g/mol. The summed E-state index contributed by atoms with van der Waals surface area (Å²) in [5.74, 6) is 0.708. The van der Waals surface area contributed by atoms with Gasteiger partial charge < -0.3 is 20.1 Å². The van der Waals surface area contributed by atoms with Crippen LogP contribution in [-0.2, 0) is 0 Å². The van der Waals surface area contributed by atoms with Gasteiger partial charge in [0.25, 0.3) is 0 Å². The van der Waals surface area contributed by atoms with E-state index in [9.17, 15) is 23.1 Å². The zero-order valence-corrected chi connectivity index (χ0v) is 13.0. The molecule has 1 atom stereocenters. The fraction of sp³-hybridized carbons (Fsp3) is 0.562. The summed E-state index contributed by atoms with van der Waals surface area (Å²) in [5, 5.41) is 12.5. The lowest BCUT2D eigenvalue weighted by Gasteiger charge is -2.39. The first-order valence-electron chi connectivity index (χ1n) is 7.86. The number of ether oxygens (including phenoxy) is 1. The number of carbonyl (C=O) groups excluding carboxylic acids is 1. The first-order chi connectivity index (χ1) is 11.3. The Morgan fingerprint density at radius 1 is 1.29 bits per heavy atom. The number of nitrogens with one attached hydrogen (secondary N) is 1. The third-order valence-corrected chi connectivity index (χ3v) is 4.66. The minimum absolute atomic E-state index is 0.132. The van der Waals surface area contributed by atoms with Crippen LogP contribution in [0.5, 0.6) is 5.75 Å². The number of benzene rings is 1. The average molecular weight is 344 g/mol. The highest BCUT2D eigenvalue weighted by molar-refractivity contribution is 5.75. The van der Waals surface area contributed by atoms with Crippen molar-refractivity contribution in [1.29, 1.82) is 0 Å². The van der Waals surface area contributed by atoms with Gasteiger partial charge in [0.1, 0.15) is 5.75 Å². The van der Waals surface area contributed by atoms with E-state index in [1.54, 1.807) is 0 Å². The number of rotatable bonds is 1. The van der Waals surface area contributed by atoms with Crippen molar-refractivity contribution in [3.05, 3.63) is 29.8 Å². The Morgan fingerprint density at radius 3 is 2.62 bits per heavy atom. The minimum Gasteiger partial charge on any atom is -0.493 e. The van der Waals surface area contributed by atoms with Crippen molar-refractivity contribution in [1.82, 2.24) is 10.2 Å². The predicted molar refractivity (Wildman–Crippen MR) is 79.6 cm³/mol. The number of amides is 2. The van der Waals surface area contributed by atoms with Crippen molar-refractivity contribution in [2.45, 2.75) is 37.1 Å². The standard InChI is InChI=1S/C16H19F3N2O3/c17-16(18,19)15(23)6-8-21(9-7-15)14(22)20-12-5-10-24-13-4-2-1-3-11(12)13/h1-4,12,23H,5-10H2,(H,20,22). The van der Waals surface area contributed by atoms with Gasteiger partial charge in [-0.2, -0.15) is 13.2 Å². The molecule has 132 valence electrons. The van der Waals surface area contributed by atoms with E-state index in [-0.39, 0.29) is 19.1 Å². The van der Waals surface area contributed by atoms with Crippen LogP contribution in [-0.4, -0.2) is 47.5 Å². The van der Waals surface area contributed by atoms with Crippen molar-refractivity contribution in [2.24, 2.45) is 0 Å². The Bertz CT molecular complexity index is 613. The monoisotopic (exact) mass is 344 g/mol. The summed E-state index contributed by atoms with van der Waals surface area (Å²) in [6.45, 7) is 0.204. The number of hydrogen-bond donors (Lipinski definition) is 2. The number of likely N-dealkylation sites (tertiary alicyclic amines) is 1. The SMILES string of the molecule is O=C(NC1CCOc2ccccc21)N1CCC(O)(C(F)(F)F)CC1. The maximum Gasteiger partial charge on any atom is 0.417 e. The van der Waals surface area contributed by atoms with Gasteiger partial charge >= 0.3 is 12.2 Å². The summed E-state index contributed by atoms with van der Waals surface area (Å²) < 4.78 is 43.9. The number of piperidine rings is 1. The Morgan fingerprint density at radius 2 is 1.96 bits per heavy atom. The third kappa shape index (κ3) is 3.15. The van der Waals surface area contributed by atoms with Gasteiger partial charge in [-0.3, -0.25) is 0 Å². The first-order valence-corrected chi connectivity index (χ1v) is 7.86. The van der Waals surface area contributed by atoms with Crippen molar-refractivity contribution in [2.75, 3.05) is 19.7 Å². The van der Waals surface area contributed by atoms with E-state index >= 15 is 0 Å². The van der Waals surface area contributed by atoms with Crippen molar-refractivity contribution >= 4 is 6.03 Å². The lowest BCUT2D eigenvalue weighted by molar-refractivity contribution is -0.271. The van der Waals surface area contributed by atoms with Gasteiger partial charge in [-0.15, -0.1) is 0 Å². The fourth-order valence-corrected chi connectivity index (χ4v) is 3.10. The molecule has 1 saturated heterocycles. The smallest absolute Gasteiger partial charge is 0.417 e. The van der Waals surface area contributed by atoms with E-state index in [4.69, 9.17) is 4.74 Å². The second-order valence-corrected chi connectivity index (χ2v) is 6.19. The molecular formula is C16H19F3N2O3. The lowest BCUT2D eigenvalue weighted by atomic mass is 9.91.